The van der Waals surface area contributed by atoms with Crippen LogP contribution >= 0.6 is 0 Å². The van der Waals surface area contributed by atoms with Crippen molar-refractivity contribution in [3.63, 3.8) is 0 Å². The number of hydrogen-bond acceptors (Lipinski definition) is 2. The van der Waals surface area contributed by atoms with Crippen LogP contribution in [0.3, 0.4) is 0 Å². The van der Waals surface area contributed by atoms with Gasteiger partial charge in [-0.1, -0.05) is 49.7 Å². The Bertz CT molecular complexity index is 706. The van der Waals surface area contributed by atoms with E-state index >= 15 is 0 Å². The number of benzene rings is 2. The van der Waals surface area contributed by atoms with E-state index in [-0.39, 0.29) is 11.9 Å². The number of ether oxygens (including phenoxy) is 1. The van der Waals surface area contributed by atoms with Crippen LogP contribution in [0.4, 0.5) is 0 Å². The molecule has 2 aromatic carbocycles. The number of hydrogen-bond donors (Lipinski definition) is 1. The molecule has 1 amide bonds. The van der Waals surface area contributed by atoms with E-state index in [0.29, 0.717) is 6.42 Å². The summed E-state index contributed by atoms with van der Waals surface area (Å²) in [7, 11) is 0. The zero-order valence-corrected chi connectivity index (χ0v) is 15.9. The highest BCUT2D eigenvalue weighted by Gasteiger charge is 2.22. The van der Waals surface area contributed by atoms with Crippen molar-refractivity contribution >= 4 is 5.91 Å². The molecule has 0 aliphatic rings. The normalized spacial score (nSPS) is 13.2. The van der Waals surface area contributed by atoms with Gasteiger partial charge in [0.1, 0.15) is 5.75 Å². The van der Waals surface area contributed by atoms with E-state index in [0.717, 1.165) is 17.7 Å². The van der Waals surface area contributed by atoms with Crippen LogP contribution in [0.2, 0.25) is 0 Å². The highest BCUT2D eigenvalue weighted by atomic mass is 16.5. The lowest BCUT2D eigenvalue weighted by Gasteiger charge is -2.23. The first-order chi connectivity index (χ1) is 11.9. The molecule has 0 aliphatic heterocycles. The second-order valence-corrected chi connectivity index (χ2v) is 6.64. The number of aryl methyl sites for hydroxylation is 3. The molecule has 0 radical (unpaired) electrons. The minimum atomic E-state index is -0.483. The fraction of sp³-hybridized carbons (Fsp3) is 0.409. The molecule has 0 unspecified atom stereocenters. The van der Waals surface area contributed by atoms with Crippen molar-refractivity contribution in [1.82, 2.24) is 5.32 Å². The van der Waals surface area contributed by atoms with Crippen molar-refractivity contribution < 1.29 is 9.53 Å². The molecule has 0 spiro atoms. The standard InChI is InChI=1S/C22H29NO2/c1-6-20(18-11-10-16(4)17(5)14-18)23-22(24)21(7-2)25-19-12-8-15(3)9-13-19/h8-14,20-21H,6-7H2,1-5H3,(H,23,24)/t20-,21-/m0/s1. The van der Waals surface area contributed by atoms with E-state index in [1.807, 2.05) is 38.1 Å². The lowest BCUT2D eigenvalue weighted by molar-refractivity contribution is -0.128. The van der Waals surface area contributed by atoms with E-state index in [1.54, 1.807) is 0 Å². The summed E-state index contributed by atoms with van der Waals surface area (Å²) in [6.45, 7) is 10.3. The van der Waals surface area contributed by atoms with Crippen LogP contribution < -0.4 is 10.1 Å². The van der Waals surface area contributed by atoms with Gasteiger partial charge >= 0.3 is 0 Å². The van der Waals surface area contributed by atoms with Gasteiger partial charge in [0, 0.05) is 0 Å². The second-order valence-electron chi connectivity index (χ2n) is 6.64. The summed E-state index contributed by atoms with van der Waals surface area (Å²) in [5.74, 6) is 0.667. The Morgan fingerprint density at radius 2 is 1.64 bits per heavy atom. The Labute approximate surface area is 151 Å². The van der Waals surface area contributed by atoms with Crippen molar-refractivity contribution in [2.24, 2.45) is 0 Å². The van der Waals surface area contributed by atoms with Crippen molar-refractivity contribution in [3.05, 3.63) is 64.7 Å². The first-order valence-corrected chi connectivity index (χ1v) is 9.05. The lowest BCUT2D eigenvalue weighted by atomic mass is 9.99. The number of amides is 1. The summed E-state index contributed by atoms with van der Waals surface area (Å²) in [6, 6.07) is 14.2. The van der Waals surface area contributed by atoms with Gasteiger partial charge in [0.15, 0.2) is 6.10 Å². The van der Waals surface area contributed by atoms with Crippen LogP contribution in [0.1, 0.15) is 55.0 Å². The molecule has 0 heterocycles. The zero-order chi connectivity index (χ0) is 18.4. The van der Waals surface area contributed by atoms with Crippen molar-refractivity contribution in [2.45, 2.75) is 59.6 Å². The smallest absolute Gasteiger partial charge is 0.261 e. The maximum atomic E-state index is 12.7. The summed E-state index contributed by atoms with van der Waals surface area (Å²) >= 11 is 0. The third-order valence-electron chi connectivity index (χ3n) is 4.62. The van der Waals surface area contributed by atoms with Gasteiger partial charge in [0.25, 0.3) is 5.91 Å². The van der Waals surface area contributed by atoms with Gasteiger partial charge in [0.2, 0.25) is 0 Å². The molecular formula is C22H29NO2. The van der Waals surface area contributed by atoms with Gasteiger partial charge in [-0.15, -0.1) is 0 Å². The SMILES string of the molecule is CC[C@H](Oc1ccc(C)cc1)C(=O)N[C@@H](CC)c1ccc(C)c(C)c1. The van der Waals surface area contributed by atoms with E-state index < -0.39 is 6.10 Å². The third-order valence-corrected chi connectivity index (χ3v) is 4.62. The molecule has 0 aliphatic carbocycles. The quantitative estimate of drug-likeness (QED) is 0.768. The summed E-state index contributed by atoms with van der Waals surface area (Å²) in [4.78, 5) is 12.7. The lowest BCUT2D eigenvalue weighted by Crippen LogP contribution is -2.40. The first-order valence-electron chi connectivity index (χ1n) is 9.05. The molecule has 0 fully saturated rings. The summed E-state index contributed by atoms with van der Waals surface area (Å²) in [5.41, 5.74) is 4.82. The molecule has 3 heteroatoms. The summed E-state index contributed by atoms with van der Waals surface area (Å²) in [5, 5.41) is 3.15. The maximum absolute atomic E-state index is 12.7. The molecule has 2 aromatic rings. The Hall–Kier alpha value is -2.29. The van der Waals surface area contributed by atoms with Crippen LogP contribution in [-0.2, 0) is 4.79 Å². The van der Waals surface area contributed by atoms with E-state index in [4.69, 9.17) is 4.74 Å². The Balaban J connectivity index is 2.08. The van der Waals surface area contributed by atoms with Gasteiger partial charge in [-0.3, -0.25) is 4.79 Å². The highest BCUT2D eigenvalue weighted by Crippen LogP contribution is 2.21. The van der Waals surface area contributed by atoms with E-state index in [2.05, 4.69) is 44.3 Å². The minimum Gasteiger partial charge on any atom is -0.481 e. The van der Waals surface area contributed by atoms with Crippen LogP contribution in [0.25, 0.3) is 0 Å². The average Bonchev–Trinajstić information content (AvgIpc) is 2.61. The maximum Gasteiger partial charge on any atom is 0.261 e. The molecule has 0 bridgehead atoms. The van der Waals surface area contributed by atoms with Gasteiger partial charge in [0.05, 0.1) is 6.04 Å². The molecule has 0 saturated heterocycles. The van der Waals surface area contributed by atoms with Crippen LogP contribution in [-0.4, -0.2) is 12.0 Å². The fourth-order valence-electron chi connectivity index (χ4n) is 2.77. The summed E-state index contributed by atoms with van der Waals surface area (Å²) in [6.07, 6.45) is 0.987. The van der Waals surface area contributed by atoms with Crippen LogP contribution in [0.5, 0.6) is 5.75 Å². The third kappa shape index (κ3) is 5.09. The summed E-state index contributed by atoms with van der Waals surface area (Å²) < 4.78 is 5.89. The Kier molecular flexibility index (Phi) is 6.63. The topological polar surface area (TPSA) is 38.3 Å². The second kappa shape index (κ2) is 8.70. The molecule has 1 N–H and O–H groups in total. The van der Waals surface area contributed by atoms with E-state index in [9.17, 15) is 4.79 Å². The van der Waals surface area contributed by atoms with E-state index in [1.165, 1.54) is 16.7 Å². The van der Waals surface area contributed by atoms with Gasteiger partial charge < -0.3 is 10.1 Å². The molecule has 25 heavy (non-hydrogen) atoms. The predicted octanol–water partition coefficient (Wildman–Crippen LogP) is 5.04. The Morgan fingerprint density at radius 3 is 2.20 bits per heavy atom. The molecule has 0 saturated carbocycles. The molecule has 2 rings (SSSR count). The van der Waals surface area contributed by atoms with Crippen molar-refractivity contribution in [2.75, 3.05) is 0 Å². The van der Waals surface area contributed by atoms with Crippen LogP contribution in [0, 0.1) is 20.8 Å². The van der Waals surface area contributed by atoms with Gasteiger partial charge in [-0.05, 0) is 62.4 Å². The minimum absolute atomic E-state index is 0.00229. The van der Waals surface area contributed by atoms with Crippen LogP contribution in [0.15, 0.2) is 42.5 Å². The highest BCUT2D eigenvalue weighted by molar-refractivity contribution is 5.81. The largest absolute Gasteiger partial charge is 0.481 e. The number of carbonyl (C=O) groups is 1. The first kappa shape index (κ1) is 19.0. The number of carbonyl (C=O) groups excluding carboxylic acids is 1. The molecule has 134 valence electrons. The van der Waals surface area contributed by atoms with Gasteiger partial charge in [-0.25, -0.2) is 0 Å². The van der Waals surface area contributed by atoms with Crippen molar-refractivity contribution in [3.8, 4) is 5.75 Å². The molecular weight excluding hydrogens is 310 g/mol. The average molecular weight is 339 g/mol. The molecule has 3 nitrogen and oxygen atoms in total. The number of rotatable bonds is 7. The fourth-order valence-corrected chi connectivity index (χ4v) is 2.77. The monoisotopic (exact) mass is 339 g/mol. The Morgan fingerprint density at radius 1 is 0.960 bits per heavy atom. The van der Waals surface area contributed by atoms with Crippen molar-refractivity contribution in [1.29, 1.82) is 0 Å². The molecule has 2 atom stereocenters. The number of nitrogens with one attached hydrogen (secondary N) is 1. The zero-order valence-electron chi connectivity index (χ0n) is 15.9. The predicted molar refractivity (Wildman–Crippen MR) is 103 cm³/mol. The van der Waals surface area contributed by atoms with Gasteiger partial charge in [-0.2, -0.15) is 0 Å². The molecule has 0 aromatic heterocycles.